The summed E-state index contributed by atoms with van der Waals surface area (Å²) in [6.45, 7) is 19.5. The fourth-order valence-electron chi connectivity index (χ4n) is 7.74. The van der Waals surface area contributed by atoms with E-state index < -0.39 is 5.41 Å². The Kier molecular flexibility index (Phi) is 11.8. The van der Waals surface area contributed by atoms with E-state index in [0.29, 0.717) is 12.2 Å². The van der Waals surface area contributed by atoms with E-state index in [9.17, 15) is 4.79 Å². The molecule has 4 radical (unpaired) electrons. The van der Waals surface area contributed by atoms with E-state index >= 15 is 0 Å². The monoisotopic (exact) mass is 764 g/mol. The van der Waals surface area contributed by atoms with Crippen LogP contribution >= 0.6 is 0 Å². The molecule has 8 bridgehead atoms. The van der Waals surface area contributed by atoms with Gasteiger partial charge in [-0.25, -0.2) is 9.78 Å². The number of hydrogen-bond acceptors (Lipinski definition) is 4. The molecule has 0 fully saturated rings. The number of esters is 1. The molecule has 3 aromatic rings. The molecular formula is C37H42Cl2N4O2Sn-4. The molecule has 0 amide bonds. The number of aryl methyl sites for hydroxylation is 4. The van der Waals surface area contributed by atoms with E-state index in [2.05, 4.69) is 73.6 Å². The third kappa shape index (κ3) is 5.46. The second-order valence-corrected chi connectivity index (χ2v) is 12.0. The summed E-state index contributed by atoms with van der Waals surface area (Å²) in [5, 5.41) is 0. The molecule has 0 N–H and O–H groups in total. The van der Waals surface area contributed by atoms with E-state index in [0.717, 1.165) is 81.7 Å². The van der Waals surface area contributed by atoms with Gasteiger partial charge in [-0.2, -0.15) is 0 Å². The van der Waals surface area contributed by atoms with Crippen LogP contribution in [0.25, 0.3) is 39.3 Å². The fraction of sp³-hybridized carbons (Fsp3) is 0.432. The first-order valence-corrected chi connectivity index (χ1v) is 15.9. The Bertz CT molecular complexity index is 1920. The van der Waals surface area contributed by atoms with Gasteiger partial charge in [-0.3, -0.25) is 4.98 Å². The molecule has 6 nitrogen and oxygen atoms in total. The Morgan fingerprint density at radius 3 is 2.11 bits per heavy atom. The zero-order valence-corrected chi connectivity index (χ0v) is 32.6. The normalized spacial score (nSPS) is 18.0. The van der Waals surface area contributed by atoms with Crippen molar-refractivity contribution in [2.45, 2.75) is 99.3 Å². The van der Waals surface area contributed by atoms with Crippen molar-refractivity contribution in [1.29, 1.82) is 0 Å². The first-order valence-electron chi connectivity index (χ1n) is 15.9. The van der Waals surface area contributed by atoms with Crippen LogP contribution in [0.2, 0.25) is 0 Å². The summed E-state index contributed by atoms with van der Waals surface area (Å²) in [5.74, 6) is -0.309. The molecule has 46 heavy (non-hydrogen) atoms. The third-order valence-electron chi connectivity index (χ3n) is 10.2. The van der Waals surface area contributed by atoms with Crippen molar-refractivity contribution in [3.8, 4) is 0 Å². The average Bonchev–Trinajstić information content (AvgIpc) is 3.72. The molecule has 2 atom stereocenters. The first kappa shape index (κ1) is 37.9. The number of fused-ring (bicyclic) bond motifs is 8. The van der Waals surface area contributed by atoms with E-state index in [1.54, 1.807) is 0 Å². The Morgan fingerprint density at radius 1 is 0.848 bits per heavy atom. The number of rotatable bonds is 6. The van der Waals surface area contributed by atoms with Gasteiger partial charge in [0.25, 0.3) is 0 Å². The van der Waals surface area contributed by atoms with Crippen LogP contribution in [0.1, 0.15) is 118 Å². The van der Waals surface area contributed by atoms with Crippen LogP contribution in [-0.4, -0.2) is 46.5 Å². The minimum absolute atomic E-state index is 0. The standard InChI is InChI=1S/C37H43N4O2.2ClH.Sn/c1-10-23-19(6)29-17-33-25(12-3)21(8)34(40-33)26-15-27(36(42)43-14-5)37(13-4)22(9)30(41-35(26)37)18-32-24(11-2)20(7)28(39-32)16-31(23)38-29;;;/h15-18,22H,10-14H2,1-9H3,(H-,38,39,40,41,42);2*1H;/q-1;;;/p-3/t22-,37-;;;/m1.../s1. The zero-order valence-electron chi connectivity index (χ0n) is 28.3. The largest absolute Gasteiger partial charge is 1.00 e. The maximum absolute atomic E-state index is 13.6. The maximum atomic E-state index is 13.6. The van der Waals surface area contributed by atoms with Crippen LogP contribution in [-0.2, 0) is 27.8 Å². The Labute approximate surface area is 302 Å². The second-order valence-electron chi connectivity index (χ2n) is 12.0. The summed E-state index contributed by atoms with van der Waals surface area (Å²) >= 11 is 0. The van der Waals surface area contributed by atoms with Gasteiger partial charge in [-0.15, -0.1) is 22.1 Å². The summed E-state index contributed by atoms with van der Waals surface area (Å²) in [6.07, 6.45) is 5.35. The summed E-state index contributed by atoms with van der Waals surface area (Å²) in [6, 6.07) is 6.45. The Morgan fingerprint density at radius 2 is 1.50 bits per heavy atom. The van der Waals surface area contributed by atoms with Crippen molar-refractivity contribution in [2.75, 3.05) is 6.61 Å². The van der Waals surface area contributed by atoms with Gasteiger partial charge in [-0.05, 0) is 82.2 Å². The predicted octanol–water partition coefficient (Wildman–Crippen LogP) is 1.69. The molecule has 0 spiro atoms. The van der Waals surface area contributed by atoms with Gasteiger partial charge in [0.2, 0.25) is 0 Å². The van der Waals surface area contributed by atoms with Crippen molar-refractivity contribution in [3.05, 3.63) is 74.4 Å². The number of aromatic nitrogens is 4. The SMILES string of the molecule is CCOC(=O)C1=Cc2c3nc(cc4nc(cc5[n-]c(cc6[n-]c2c(C)c6CC)c(C)c5CC)C(C)=C4CC)[C@@H](C)[C@]13CC.[Cl-].[Cl-].[Sn]. The van der Waals surface area contributed by atoms with Crippen LogP contribution < -0.4 is 34.8 Å². The average molecular weight is 764 g/mol. The number of ether oxygens (including phenoxy) is 1. The molecule has 1 aliphatic carbocycles. The van der Waals surface area contributed by atoms with Crippen LogP contribution in [0, 0.1) is 13.8 Å². The van der Waals surface area contributed by atoms with E-state index in [4.69, 9.17) is 24.7 Å². The van der Waals surface area contributed by atoms with Crippen molar-refractivity contribution >= 4 is 69.2 Å². The molecule has 0 saturated heterocycles. The molecule has 3 aromatic heterocycles. The summed E-state index contributed by atoms with van der Waals surface area (Å²) in [7, 11) is 0. The third-order valence-corrected chi connectivity index (χ3v) is 10.2. The molecule has 5 heterocycles. The molecule has 244 valence electrons. The zero-order chi connectivity index (χ0) is 30.8. The van der Waals surface area contributed by atoms with Crippen LogP contribution in [0.4, 0.5) is 0 Å². The predicted molar refractivity (Wildman–Crippen MR) is 181 cm³/mol. The van der Waals surface area contributed by atoms with Gasteiger partial charge in [0.05, 0.1) is 34.7 Å². The number of halogens is 2. The quantitative estimate of drug-likeness (QED) is 0.281. The van der Waals surface area contributed by atoms with Crippen molar-refractivity contribution in [3.63, 3.8) is 0 Å². The minimum Gasteiger partial charge on any atom is -1.00 e. The molecule has 0 unspecified atom stereocenters. The number of allylic oxidation sites excluding steroid dienone is 2. The Balaban J connectivity index is 0.00000192. The van der Waals surface area contributed by atoms with Crippen LogP contribution in [0.5, 0.6) is 0 Å². The van der Waals surface area contributed by atoms with Crippen LogP contribution in [0.3, 0.4) is 0 Å². The van der Waals surface area contributed by atoms with E-state index in [-0.39, 0.29) is 60.6 Å². The van der Waals surface area contributed by atoms with E-state index in [1.165, 1.54) is 27.8 Å². The number of carbonyl (C=O) groups is 1. The molecule has 6 rings (SSSR count). The fourth-order valence-corrected chi connectivity index (χ4v) is 7.74. The number of carbonyl (C=O) groups excluding carboxylic acids is 1. The molecule has 0 aromatic carbocycles. The second kappa shape index (κ2) is 14.3. The minimum atomic E-state index is -0.583. The summed E-state index contributed by atoms with van der Waals surface area (Å²) in [5.41, 5.74) is 15.7. The van der Waals surface area contributed by atoms with Gasteiger partial charge in [-0.1, -0.05) is 69.0 Å². The maximum Gasteiger partial charge on any atom is 0.335 e. The topological polar surface area (TPSA) is 80.3 Å². The van der Waals surface area contributed by atoms with Gasteiger partial charge >= 0.3 is 5.97 Å². The van der Waals surface area contributed by atoms with Gasteiger partial charge in [0.15, 0.2) is 0 Å². The van der Waals surface area contributed by atoms with Gasteiger partial charge in [0.1, 0.15) is 0 Å². The van der Waals surface area contributed by atoms with Crippen LogP contribution in [0.15, 0.2) is 23.8 Å². The molecule has 9 heteroatoms. The Hall–Kier alpha value is -2.55. The van der Waals surface area contributed by atoms with E-state index in [1.807, 2.05) is 13.0 Å². The first-order chi connectivity index (χ1) is 20.6. The number of nitrogens with zero attached hydrogens (tertiary/aromatic N) is 4. The molecule has 0 saturated carbocycles. The molecular weight excluding hydrogens is 722 g/mol. The summed E-state index contributed by atoms with van der Waals surface area (Å²) < 4.78 is 5.65. The van der Waals surface area contributed by atoms with Gasteiger partial charge < -0.3 is 39.5 Å². The number of hydrogen-bond donors (Lipinski definition) is 0. The van der Waals surface area contributed by atoms with Gasteiger partial charge in [0, 0.05) is 35.5 Å². The summed E-state index contributed by atoms with van der Waals surface area (Å²) in [4.78, 5) is 34.5. The van der Waals surface area contributed by atoms with Crippen molar-refractivity contribution in [2.24, 2.45) is 0 Å². The molecule has 2 aliphatic heterocycles. The molecule has 3 aliphatic rings. The van der Waals surface area contributed by atoms with Crippen molar-refractivity contribution in [1.82, 2.24) is 19.9 Å². The van der Waals surface area contributed by atoms with Crippen molar-refractivity contribution < 1.29 is 34.3 Å². The smallest absolute Gasteiger partial charge is 0.335 e.